The lowest BCUT2D eigenvalue weighted by atomic mass is 9.85. The predicted molar refractivity (Wildman–Crippen MR) is 133 cm³/mol. The zero-order chi connectivity index (χ0) is 24.8. The number of halogens is 2. The van der Waals surface area contributed by atoms with Gasteiger partial charge < -0.3 is 20.5 Å². The summed E-state index contributed by atoms with van der Waals surface area (Å²) in [5.41, 5.74) is 6.07. The van der Waals surface area contributed by atoms with Gasteiger partial charge >= 0.3 is 0 Å². The number of nitrogens with one attached hydrogen (secondary N) is 1. The van der Waals surface area contributed by atoms with E-state index in [2.05, 4.69) is 26.2 Å². The van der Waals surface area contributed by atoms with E-state index < -0.39 is 17.2 Å². The summed E-state index contributed by atoms with van der Waals surface area (Å²) in [6.07, 6.45) is 9.10. The molecular weight excluding hydrogens is 472 g/mol. The van der Waals surface area contributed by atoms with Crippen molar-refractivity contribution in [2.24, 2.45) is 16.6 Å². The van der Waals surface area contributed by atoms with E-state index in [1.54, 1.807) is 38.4 Å². The summed E-state index contributed by atoms with van der Waals surface area (Å²) in [6.45, 7) is 2.37. The molecule has 3 heterocycles. The van der Waals surface area contributed by atoms with Gasteiger partial charge in [0.25, 0.3) is 0 Å². The fourth-order valence-corrected chi connectivity index (χ4v) is 6.28. The third-order valence-corrected chi connectivity index (χ3v) is 7.75. The number of nitrogens with two attached hydrogens (primary N) is 1. The first-order valence-electron chi connectivity index (χ1n) is 10.9. The van der Waals surface area contributed by atoms with Crippen molar-refractivity contribution in [3.05, 3.63) is 53.9 Å². The highest BCUT2D eigenvalue weighted by molar-refractivity contribution is 8.15. The molecule has 1 aromatic carbocycles. The van der Waals surface area contributed by atoms with Crippen molar-refractivity contribution in [1.82, 2.24) is 9.97 Å². The summed E-state index contributed by atoms with van der Waals surface area (Å²) in [6, 6.07) is 6.20. The Labute approximate surface area is 205 Å². The van der Waals surface area contributed by atoms with Crippen LogP contribution >= 0.6 is 11.8 Å². The summed E-state index contributed by atoms with van der Waals surface area (Å²) >= 11 is 1.44. The Bertz CT molecular complexity index is 1390. The number of pyridine rings is 2. The third-order valence-electron chi connectivity index (χ3n) is 6.47. The van der Waals surface area contributed by atoms with E-state index in [9.17, 15) is 4.39 Å². The van der Waals surface area contributed by atoms with Gasteiger partial charge in [0, 0.05) is 41.9 Å². The molecule has 3 N–H and O–H groups in total. The normalized spacial score (nSPS) is 24.9. The van der Waals surface area contributed by atoms with Crippen molar-refractivity contribution < 1.29 is 18.3 Å². The topological polar surface area (TPSA) is 94.7 Å². The van der Waals surface area contributed by atoms with Crippen LogP contribution < -0.4 is 15.8 Å². The minimum Gasteiger partial charge on any atom is -0.479 e. The highest BCUT2D eigenvalue weighted by atomic mass is 32.2. The molecule has 1 aliphatic heterocycles. The third kappa shape index (κ3) is 4.05. The van der Waals surface area contributed by atoms with E-state index in [1.165, 1.54) is 18.0 Å². The van der Waals surface area contributed by atoms with E-state index in [4.69, 9.17) is 21.6 Å². The molecule has 0 unspecified atom stereocenters. The van der Waals surface area contributed by atoms with Crippen molar-refractivity contribution in [3.63, 3.8) is 0 Å². The Morgan fingerprint density at radius 2 is 2.14 bits per heavy atom. The number of nitrogens with zero attached hydrogens (tertiary/aromatic N) is 3. The van der Waals surface area contributed by atoms with Crippen LogP contribution in [-0.2, 0) is 10.3 Å². The molecular formula is C25H23F2N5O2S. The van der Waals surface area contributed by atoms with Crippen LogP contribution in [-0.4, -0.2) is 40.2 Å². The first-order valence-corrected chi connectivity index (χ1v) is 11.7. The number of anilines is 2. The molecule has 2 aromatic heterocycles. The molecule has 3 atom stereocenters. The molecule has 0 amide bonds. The van der Waals surface area contributed by atoms with Crippen LogP contribution in [0.15, 0.2) is 41.7 Å². The minimum atomic E-state index is -1.04. The highest BCUT2D eigenvalue weighted by Crippen LogP contribution is 2.66. The van der Waals surface area contributed by atoms with Gasteiger partial charge in [0.05, 0.1) is 23.1 Å². The number of rotatable bonds is 7. The summed E-state index contributed by atoms with van der Waals surface area (Å²) in [7, 11) is 1.62. The highest BCUT2D eigenvalue weighted by Gasteiger charge is 2.66. The average molecular weight is 496 g/mol. The lowest BCUT2D eigenvalue weighted by Gasteiger charge is -2.34. The van der Waals surface area contributed by atoms with Crippen LogP contribution in [0.3, 0.4) is 0 Å². The standard InChI is InChI=1S/C25H23F2N5O2S/c1-4-7-34-16-8-14-5-6-29-22(21(14)30-12-16)31-15-9-17(20(27)18(26)10-15)24(2)19-11-25(19,13-33-3)35-23(28)32-24/h1,5-6,8-10,12,19H,7,11,13H2,2-3H3,(H2,28,32)(H,29,31)/t19-,24+,25+/m0/s1. The molecule has 7 nitrogen and oxygen atoms in total. The molecule has 1 saturated carbocycles. The van der Waals surface area contributed by atoms with Gasteiger partial charge in [-0.25, -0.2) is 18.7 Å². The smallest absolute Gasteiger partial charge is 0.164 e. The maximum absolute atomic E-state index is 15.2. The Hall–Kier alpha value is -3.42. The average Bonchev–Trinajstić information content (AvgIpc) is 3.54. The summed E-state index contributed by atoms with van der Waals surface area (Å²) in [4.78, 5) is 13.3. The quantitative estimate of drug-likeness (QED) is 0.471. The zero-order valence-corrected chi connectivity index (χ0v) is 20.0. The number of terminal acetylenes is 1. The van der Waals surface area contributed by atoms with Crippen LogP contribution in [0, 0.1) is 29.9 Å². The number of thioether (sulfide) groups is 1. The van der Waals surface area contributed by atoms with Gasteiger partial charge in [0.1, 0.15) is 17.9 Å². The SMILES string of the molecule is C#CCOc1cnc2c(Nc3cc(F)c(F)c([C@@]4(C)N=C(N)S[C@@]5(COC)C[C@H]54)c3)nccc2c1. The number of aliphatic imine (C=N–C) groups is 1. The van der Waals surface area contributed by atoms with Crippen LogP contribution in [0.2, 0.25) is 0 Å². The molecule has 1 aliphatic carbocycles. The Morgan fingerprint density at radius 3 is 2.91 bits per heavy atom. The van der Waals surface area contributed by atoms with E-state index in [0.29, 0.717) is 34.5 Å². The maximum atomic E-state index is 15.2. The van der Waals surface area contributed by atoms with E-state index in [0.717, 1.165) is 17.9 Å². The van der Waals surface area contributed by atoms with Gasteiger partial charge in [0.15, 0.2) is 22.6 Å². The van der Waals surface area contributed by atoms with Gasteiger partial charge in [-0.2, -0.15) is 0 Å². The van der Waals surface area contributed by atoms with Gasteiger partial charge in [-0.1, -0.05) is 17.7 Å². The van der Waals surface area contributed by atoms with Gasteiger partial charge in [-0.05, 0) is 31.5 Å². The molecule has 0 spiro atoms. The first kappa shape index (κ1) is 23.3. The number of methoxy groups -OCH3 is 1. The monoisotopic (exact) mass is 495 g/mol. The number of hydrogen-bond acceptors (Lipinski definition) is 8. The summed E-state index contributed by atoms with van der Waals surface area (Å²) in [5.74, 6) is 1.33. The number of ether oxygens (including phenoxy) is 2. The van der Waals surface area contributed by atoms with Crippen LogP contribution in [0.25, 0.3) is 10.9 Å². The second-order valence-corrected chi connectivity index (χ2v) is 10.2. The van der Waals surface area contributed by atoms with E-state index >= 15 is 4.39 Å². The van der Waals surface area contributed by atoms with Crippen LogP contribution in [0.4, 0.5) is 20.3 Å². The zero-order valence-electron chi connectivity index (χ0n) is 19.1. The van der Waals surface area contributed by atoms with E-state index in [-0.39, 0.29) is 22.8 Å². The number of aromatic nitrogens is 2. The minimum absolute atomic E-state index is 0.0461. The van der Waals surface area contributed by atoms with Crippen molar-refractivity contribution in [2.45, 2.75) is 23.6 Å². The summed E-state index contributed by atoms with van der Waals surface area (Å²) in [5, 5.41) is 4.16. The summed E-state index contributed by atoms with van der Waals surface area (Å²) < 4.78 is 40.5. The fraction of sp³-hybridized carbons (Fsp3) is 0.320. The molecule has 5 rings (SSSR count). The van der Waals surface area contributed by atoms with Crippen LogP contribution in [0.5, 0.6) is 5.75 Å². The molecule has 3 aromatic rings. The van der Waals surface area contributed by atoms with Gasteiger partial charge in [-0.3, -0.25) is 4.99 Å². The molecule has 35 heavy (non-hydrogen) atoms. The maximum Gasteiger partial charge on any atom is 0.164 e. The molecule has 10 heteroatoms. The fourth-order valence-electron chi connectivity index (χ4n) is 4.83. The number of fused-ring (bicyclic) bond motifs is 2. The second-order valence-electron chi connectivity index (χ2n) is 8.79. The molecule has 180 valence electrons. The lowest BCUT2D eigenvalue weighted by Crippen LogP contribution is -2.37. The van der Waals surface area contributed by atoms with Gasteiger partial charge in [0.2, 0.25) is 0 Å². The van der Waals surface area contributed by atoms with Crippen molar-refractivity contribution >= 4 is 39.3 Å². The number of hydrogen-bond donors (Lipinski definition) is 2. The van der Waals surface area contributed by atoms with E-state index in [1.807, 2.05) is 0 Å². The molecule has 0 saturated heterocycles. The van der Waals surface area contributed by atoms with Crippen molar-refractivity contribution in [1.29, 1.82) is 0 Å². The van der Waals surface area contributed by atoms with Crippen LogP contribution in [0.1, 0.15) is 18.9 Å². The van der Waals surface area contributed by atoms with Crippen molar-refractivity contribution in [3.8, 4) is 18.1 Å². The van der Waals surface area contributed by atoms with Crippen molar-refractivity contribution in [2.75, 3.05) is 25.6 Å². The number of benzene rings is 1. The molecule has 1 fully saturated rings. The largest absolute Gasteiger partial charge is 0.479 e. The lowest BCUT2D eigenvalue weighted by molar-refractivity contribution is 0.184. The Kier molecular flexibility index (Phi) is 5.77. The molecule has 0 radical (unpaired) electrons. The predicted octanol–water partition coefficient (Wildman–Crippen LogP) is 4.35. The molecule has 2 aliphatic rings. The first-order chi connectivity index (χ1) is 16.8. The Balaban J connectivity index is 1.52. The molecule has 0 bridgehead atoms. The number of amidine groups is 1. The Morgan fingerprint density at radius 1 is 1.31 bits per heavy atom. The van der Waals surface area contributed by atoms with Gasteiger partial charge in [-0.15, -0.1) is 6.42 Å². The second kappa shape index (κ2) is 8.66.